The van der Waals surface area contributed by atoms with Gasteiger partial charge in [-0.25, -0.2) is 9.78 Å². The number of para-hydroxylation sites is 1. The second-order valence-corrected chi connectivity index (χ2v) is 6.15. The Hall–Kier alpha value is -3.79. The van der Waals surface area contributed by atoms with Crippen LogP contribution in [0.4, 0.5) is 0 Å². The number of aromatic nitrogens is 1. The zero-order chi connectivity index (χ0) is 18.8. The summed E-state index contributed by atoms with van der Waals surface area (Å²) >= 11 is 0. The Morgan fingerprint density at radius 2 is 1.48 bits per heavy atom. The first-order chi connectivity index (χ1) is 13.1. The van der Waals surface area contributed by atoms with Crippen LogP contribution in [0, 0.1) is 0 Å². The van der Waals surface area contributed by atoms with E-state index < -0.39 is 11.8 Å². The minimum atomic E-state index is -1.50. The number of fused-ring (bicyclic) bond motifs is 2. The molecule has 0 amide bonds. The molecule has 0 saturated carbocycles. The van der Waals surface area contributed by atoms with Crippen LogP contribution < -0.4 is 0 Å². The van der Waals surface area contributed by atoms with Crippen LogP contribution >= 0.6 is 0 Å². The lowest BCUT2D eigenvalue weighted by atomic mass is 9.98. The van der Waals surface area contributed by atoms with E-state index in [9.17, 15) is 14.7 Å². The summed E-state index contributed by atoms with van der Waals surface area (Å²) in [5.41, 5.74) is 1.88. The van der Waals surface area contributed by atoms with E-state index in [0.29, 0.717) is 11.2 Å². The first kappa shape index (κ1) is 16.7. The smallest absolute Gasteiger partial charge is 0.377 e. The Labute approximate surface area is 155 Å². The van der Waals surface area contributed by atoms with Crippen LogP contribution in [0.1, 0.15) is 11.3 Å². The number of Topliss-reactive ketones (excluding diaryl/α,β-unsaturated/α-hetero) is 1. The van der Waals surface area contributed by atoms with E-state index in [0.717, 1.165) is 21.7 Å². The van der Waals surface area contributed by atoms with E-state index in [4.69, 9.17) is 0 Å². The van der Waals surface area contributed by atoms with Gasteiger partial charge in [-0.05, 0) is 34.5 Å². The molecule has 0 unspecified atom stereocenters. The van der Waals surface area contributed by atoms with Crippen LogP contribution in [0.3, 0.4) is 0 Å². The highest BCUT2D eigenvalue weighted by Gasteiger charge is 2.21. The molecule has 0 saturated heterocycles. The van der Waals surface area contributed by atoms with Gasteiger partial charge in [0.05, 0.1) is 16.8 Å². The zero-order valence-corrected chi connectivity index (χ0v) is 14.3. The molecule has 0 atom stereocenters. The Bertz CT molecular complexity index is 1220. The van der Waals surface area contributed by atoms with Crippen LogP contribution in [0.25, 0.3) is 33.3 Å². The highest BCUT2D eigenvalue weighted by Crippen LogP contribution is 2.25. The second-order valence-electron chi connectivity index (χ2n) is 6.15. The molecule has 0 aliphatic carbocycles. The van der Waals surface area contributed by atoms with Crippen LogP contribution in [0.2, 0.25) is 0 Å². The molecule has 0 radical (unpaired) electrons. The van der Waals surface area contributed by atoms with Gasteiger partial charge in [0.15, 0.2) is 0 Å². The summed E-state index contributed by atoms with van der Waals surface area (Å²) in [6, 6.07) is 24.5. The molecule has 4 nitrogen and oxygen atoms in total. The second kappa shape index (κ2) is 6.84. The van der Waals surface area contributed by atoms with E-state index in [-0.39, 0.29) is 5.57 Å². The van der Waals surface area contributed by atoms with Crippen LogP contribution in [-0.4, -0.2) is 21.8 Å². The number of carboxylic acids is 1. The fraction of sp³-hybridized carbons (Fsp3) is 0. The highest BCUT2D eigenvalue weighted by molar-refractivity contribution is 6.52. The maximum absolute atomic E-state index is 12.4. The fourth-order valence-electron chi connectivity index (χ4n) is 3.12. The first-order valence-electron chi connectivity index (χ1n) is 8.47. The van der Waals surface area contributed by atoms with Gasteiger partial charge in [-0.1, -0.05) is 66.7 Å². The van der Waals surface area contributed by atoms with Crippen LogP contribution in [0.5, 0.6) is 0 Å². The number of pyridine rings is 1. The first-order valence-corrected chi connectivity index (χ1v) is 8.47. The molecule has 4 aromatic rings. The highest BCUT2D eigenvalue weighted by atomic mass is 16.4. The van der Waals surface area contributed by atoms with Crippen molar-refractivity contribution in [3.8, 4) is 0 Å². The fourth-order valence-corrected chi connectivity index (χ4v) is 3.12. The Morgan fingerprint density at radius 3 is 2.30 bits per heavy atom. The van der Waals surface area contributed by atoms with E-state index in [1.54, 1.807) is 12.1 Å². The van der Waals surface area contributed by atoms with E-state index in [1.165, 1.54) is 0 Å². The lowest BCUT2D eigenvalue weighted by Crippen LogP contribution is -2.15. The summed E-state index contributed by atoms with van der Waals surface area (Å²) in [4.78, 5) is 28.3. The van der Waals surface area contributed by atoms with Crippen molar-refractivity contribution in [2.24, 2.45) is 0 Å². The largest absolute Gasteiger partial charge is 0.475 e. The number of ketones is 1. The molecule has 27 heavy (non-hydrogen) atoms. The van der Waals surface area contributed by atoms with Crippen molar-refractivity contribution in [1.82, 2.24) is 4.98 Å². The van der Waals surface area contributed by atoms with Crippen LogP contribution in [-0.2, 0) is 9.59 Å². The number of hydrogen-bond acceptors (Lipinski definition) is 3. The standard InChI is InChI=1S/C23H15NO3/c25-22(23(26)27)19(21-13-12-16-7-2-4-11-20(16)24-21)14-17-9-5-8-15-6-1-3-10-18(15)17/h1-14H,(H,26,27)/b19-14-. The number of carbonyl (C=O) groups is 2. The average Bonchev–Trinajstić information content (AvgIpc) is 2.71. The van der Waals surface area contributed by atoms with Gasteiger partial charge in [0, 0.05) is 5.39 Å². The van der Waals surface area contributed by atoms with E-state index >= 15 is 0 Å². The van der Waals surface area contributed by atoms with Crippen molar-refractivity contribution in [3.05, 3.63) is 90.1 Å². The SMILES string of the molecule is O=C(O)C(=O)/C(=C\c1cccc2ccccc12)c1ccc2ccccc2n1. The third-order valence-corrected chi connectivity index (χ3v) is 4.44. The quantitative estimate of drug-likeness (QED) is 0.431. The molecule has 130 valence electrons. The third-order valence-electron chi connectivity index (χ3n) is 4.44. The normalized spacial score (nSPS) is 11.6. The minimum Gasteiger partial charge on any atom is -0.475 e. The molecule has 1 N–H and O–H groups in total. The molecule has 3 aromatic carbocycles. The number of rotatable bonds is 4. The number of carbonyl (C=O) groups excluding carboxylic acids is 1. The molecular formula is C23H15NO3. The number of benzene rings is 3. The van der Waals surface area contributed by atoms with Gasteiger partial charge in [0.25, 0.3) is 5.78 Å². The van der Waals surface area contributed by atoms with E-state index in [2.05, 4.69) is 4.98 Å². The lowest BCUT2D eigenvalue weighted by molar-refractivity contribution is -0.146. The molecule has 1 heterocycles. The summed E-state index contributed by atoms with van der Waals surface area (Å²) < 4.78 is 0. The van der Waals surface area contributed by atoms with Gasteiger partial charge in [-0.2, -0.15) is 0 Å². The average molecular weight is 353 g/mol. The molecule has 0 fully saturated rings. The van der Waals surface area contributed by atoms with Gasteiger partial charge in [0.2, 0.25) is 0 Å². The number of aliphatic carboxylic acids is 1. The zero-order valence-electron chi connectivity index (χ0n) is 14.3. The topological polar surface area (TPSA) is 67.3 Å². The summed E-state index contributed by atoms with van der Waals surface area (Å²) in [5.74, 6) is -2.48. The predicted molar refractivity (Wildman–Crippen MR) is 106 cm³/mol. The van der Waals surface area contributed by atoms with Gasteiger partial charge in [-0.15, -0.1) is 0 Å². The van der Waals surface area contributed by atoms with Crippen molar-refractivity contribution in [1.29, 1.82) is 0 Å². The molecule has 0 bridgehead atoms. The molecule has 0 aliphatic heterocycles. The van der Waals surface area contributed by atoms with Crippen molar-refractivity contribution in [2.45, 2.75) is 0 Å². The van der Waals surface area contributed by atoms with Gasteiger partial charge >= 0.3 is 5.97 Å². The molecule has 0 spiro atoms. The molecule has 1 aromatic heterocycles. The Balaban J connectivity index is 1.94. The van der Waals surface area contributed by atoms with Gasteiger partial charge in [0.1, 0.15) is 0 Å². The molecule has 4 rings (SSSR count). The lowest BCUT2D eigenvalue weighted by Gasteiger charge is -2.08. The maximum atomic E-state index is 12.4. The molecular weight excluding hydrogens is 338 g/mol. The van der Waals surface area contributed by atoms with Crippen molar-refractivity contribution < 1.29 is 14.7 Å². The number of hydrogen-bond donors (Lipinski definition) is 1. The van der Waals surface area contributed by atoms with E-state index in [1.807, 2.05) is 72.8 Å². The minimum absolute atomic E-state index is 0.0598. The molecule has 4 heteroatoms. The Morgan fingerprint density at radius 1 is 0.778 bits per heavy atom. The predicted octanol–water partition coefficient (Wildman–Crippen LogP) is 4.58. The monoisotopic (exact) mass is 353 g/mol. The Kier molecular flexibility index (Phi) is 4.22. The third kappa shape index (κ3) is 3.20. The van der Waals surface area contributed by atoms with Crippen LogP contribution in [0.15, 0.2) is 78.9 Å². The van der Waals surface area contributed by atoms with Gasteiger partial charge in [-0.3, -0.25) is 4.79 Å². The summed E-state index contributed by atoms with van der Waals surface area (Å²) in [5, 5.41) is 12.2. The number of nitrogens with zero attached hydrogens (tertiary/aromatic N) is 1. The summed E-state index contributed by atoms with van der Waals surface area (Å²) in [6.45, 7) is 0. The number of carboxylic acid groups (broad SMARTS) is 1. The summed E-state index contributed by atoms with van der Waals surface area (Å²) in [7, 11) is 0. The van der Waals surface area contributed by atoms with Crippen molar-refractivity contribution in [3.63, 3.8) is 0 Å². The summed E-state index contributed by atoms with van der Waals surface area (Å²) in [6.07, 6.45) is 1.61. The molecule has 0 aliphatic rings. The maximum Gasteiger partial charge on any atom is 0.377 e. The van der Waals surface area contributed by atoms with Gasteiger partial charge < -0.3 is 5.11 Å². The van der Waals surface area contributed by atoms with Crippen molar-refractivity contribution in [2.75, 3.05) is 0 Å². The van der Waals surface area contributed by atoms with Crippen molar-refractivity contribution >= 4 is 45.1 Å².